The van der Waals surface area contributed by atoms with Gasteiger partial charge in [-0.25, -0.2) is 13.4 Å². The molecule has 0 aromatic carbocycles. The van der Waals surface area contributed by atoms with Gasteiger partial charge in [-0.15, -0.1) is 0 Å². The lowest BCUT2D eigenvalue weighted by atomic mass is 10.5. The summed E-state index contributed by atoms with van der Waals surface area (Å²) in [4.78, 5) is 7.60. The zero-order valence-corrected chi connectivity index (χ0v) is 9.63. The molecular weight excluding hydrogens is 218 g/mol. The Bertz CT molecular complexity index is 444. The second-order valence-corrected chi connectivity index (χ2v) is 4.79. The van der Waals surface area contributed by atoms with Crippen LogP contribution >= 0.6 is 0 Å². The minimum absolute atomic E-state index is 0.223. The van der Waals surface area contributed by atoms with E-state index in [2.05, 4.69) is 15.3 Å². The van der Waals surface area contributed by atoms with Crippen LogP contribution in [0.3, 0.4) is 0 Å². The van der Waals surface area contributed by atoms with Crippen molar-refractivity contribution in [3.63, 3.8) is 0 Å². The first-order valence-corrected chi connectivity index (χ1v) is 6.23. The average molecular weight is 231 g/mol. The average Bonchev–Trinajstić information content (AvgIpc) is 2.16. The fourth-order valence-electron chi connectivity index (χ4n) is 0.946. The molecule has 0 amide bonds. The molecule has 0 aliphatic heterocycles. The molecule has 0 unspecified atom stereocenters. The molecule has 6 nitrogen and oxygen atoms in total. The van der Waals surface area contributed by atoms with Gasteiger partial charge in [0.15, 0.2) is 0 Å². The van der Waals surface area contributed by atoms with Gasteiger partial charge in [0.1, 0.15) is 5.82 Å². The van der Waals surface area contributed by atoms with Crippen LogP contribution in [-0.2, 0) is 9.84 Å². The van der Waals surface area contributed by atoms with Crippen molar-refractivity contribution in [2.24, 2.45) is 0 Å². The number of sulfone groups is 1. The summed E-state index contributed by atoms with van der Waals surface area (Å²) < 4.78 is 27.4. The van der Waals surface area contributed by atoms with E-state index in [-0.39, 0.29) is 11.0 Å². The topological polar surface area (TPSA) is 81.2 Å². The van der Waals surface area contributed by atoms with E-state index >= 15 is 0 Å². The Morgan fingerprint density at radius 1 is 1.47 bits per heavy atom. The predicted molar refractivity (Wildman–Crippen MR) is 55.9 cm³/mol. The van der Waals surface area contributed by atoms with Crippen LogP contribution in [0, 0.1) is 0 Å². The smallest absolute Gasteiger partial charge is 0.252 e. The first-order valence-electron chi connectivity index (χ1n) is 4.34. The molecule has 7 heteroatoms. The summed E-state index contributed by atoms with van der Waals surface area (Å²) in [5.74, 6) is 0.658. The third kappa shape index (κ3) is 3.05. The van der Waals surface area contributed by atoms with Crippen molar-refractivity contribution in [2.45, 2.75) is 12.1 Å². The highest BCUT2D eigenvalue weighted by molar-refractivity contribution is 7.90. The number of methoxy groups -OCH3 is 1. The van der Waals surface area contributed by atoms with Gasteiger partial charge in [0.05, 0.1) is 7.11 Å². The van der Waals surface area contributed by atoms with E-state index in [1.165, 1.54) is 13.2 Å². The third-order valence-electron chi connectivity index (χ3n) is 1.58. The van der Waals surface area contributed by atoms with Gasteiger partial charge < -0.3 is 10.1 Å². The number of hydrogen-bond donors (Lipinski definition) is 1. The van der Waals surface area contributed by atoms with Gasteiger partial charge in [-0.1, -0.05) is 0 Å². The minimum atomic E-state index is -3.42. The van der Waals surface area contributed by atoms with E-state index in [4.69, 9.17) is 4.74 Å². The first kappa shape index (κ1) is 11.7. The molecule has 0 aliphatic rings. The largest absolute Gasteiger partial charge is 0.481 e. The Labute approximate surface area is 88.6 Å². The maximum atomic E-state index is 11.2. The Morgan fingerprint density at radius 2 is 2.13 bits per heavy atom. The fourth-order valence-corrected chi connectivity index (χ4v) is 1.47. The van der Waals surface area contributed by atoms with Gasteiger partial charge in [0.25, 0.3) is 5.16 Å². The fraction of sp³-hybridized carbons (Fsp3) is 0.500. The van der Waals surface area contributed by atoms with Gasteiger partial charge in [-0.3, -0.25) is 0 Å². The van der Waals surface area contributed by atoms with Gasteiger partial charge in [0.2, 0.25) is 15.7 Å². The molecule has 1 aromatic rings. The summed E-state index contributed by atoms with van der Waals surface area (Å²) in [6.45, 7) is 2.53. The number of hydrogen-bond acceptors (Lipinski definition) is 6. The number of rotatable bonds is 4. The van der Waals surface area contributed by atoms with E-state index in [9.17, 15) is 8.42 Å². The molecule has 0 saturated carbocycles. The molecule has 0 spiro atoms. The molecule has 1 aromatic heterocycles. The van der Waals surface area contributed by atoms with E-state index in [1.807, 2.05) is 6.92 Å². The normalized spacial score (nSPS) is 11.1. The molecule has 84 valence electrons. The van der Waals surface area contributed by atoms with Crippen LogP contribution in [0.15, 0.2) is 11.2 Å². The van der Waals surface area contributed by atoms with Crippen LogP contribution in [-0.4, -0.2) is 38.3 Å². The maximum Gasteiger partial charge on any atom is 0.252 e. The number of ether oxygens (including phenoxy) is 1. The molecule has 0 saturated heterocycles. The standard InChI is InChI=1S/C8H13N3O3S/c1-4-9-6-5-7(14-2)11-8(10-6)15(3,12)13/h5H,4H2,1-3H3,(H,9,10,11). The zero-order valence-electron chi connectivity index (χ0n) is 8.81. The summed E-state index contributed by atoms with van der Waals surface area (Å²) >= 11 is 0. The zero-order chi connectivity index (χ0) is 11.5. The summed E-state index contributed by atoms with van der Waals surface area (Å²) in [5.41, 5.74) is 0. The van der Waals surface area contributed by atoms with Crippen molar-refractivity contribution in [3.05, 3.63) is 6.07 Å². The van der Waals surface area contributed by atoms with Crippen LogP contribution in [0.4, 0.5) is 5.82 Å². The highest BCUT2D eigenvalue weighted by Gasteiger charge is 2.14. The van der Waals surface area contributed by atoms with Gasteiger partial charge in [-0.2, -0.15) is 4.98 Å². The molecule has 1 N–H and O–H groups in total. The van der Waals surface area contributed by atoms with Crippen LogP contribution in [0.5, 0.6) is 5.88 Å². The van der Waals surface area contributed by atoms with Crippen LogP contribution in [0.25, 0.3) is 0 Å². The lowest BCUT2D eigenvalue weighted by Crippen LogP contribution is -2.08. The predicted octanol–water partition coefficient (Wildman–Crippen LogP) is 0.321. The summed E-state index contributed by atoms with van der Waals surface area (Å²) in [5, 5.41) is 2.66. The minimum Gasteiger partial charge on any atom is -0.481 e. The Hall–Kier alpha value is -1.37. The Kier molecular flexibility index (Phi) is 3.46. The summed E-state index contributed by atoms with van der Waals surface area (Å²) in [6.07, 6.45) is 1.05. The van der Waals surface area contributed by atoms with Crippen molar-refractivity contribution in [2.75, 3.05) is 25.2 Å². The second kappa shape index (κ2) is 4.43. The molecule has 0 fully saturated rings. The quantitative estimate of drug-likeness (QED) is 0.752. The number of nitrogens with one attached hydrogen (secondary N) is 1. The SMILES string of the molecule is CCNc1cc(OC)nc(S(C)(=O)=O)n1. The van der Waals surface area contributed by atoms with Crippen molar-refractivity contribution in [1.82, 2.24) is 9.97 Å². The van der Waals surface area contributed by atoms with Gasteiger partial charge >= 0.3 is 0 Å². The van der Waals surface area contributed by atoms with E-state index in [0.29, 0.717) is 12.4 Å². The van der Waals surface area contributed by atoms with Crippen LogP contribution < -0.4 is 10.1 Å². The highest BCUT2D eigenvalue weighted by atomic mass is 32.2. The van der Waals surface area contributed by atoms with Gasteiger partial charge in [0, 0.05) is 18.9 Å². The van der Waals surface area contributed by atoms with Gasteiger partial charge in [-0.05, 0) is 6.92 Å². The molecule has 0 radical (unpaired) electrons. The molecule has 15 heavy (non-hydrogen) atoms. The van der Waals surface area contributed by atoms with E-state index < -0.39 is 9.84 Å². The Morgan fingerprint density at radius 3 is 2.60 bits per heavy atom. The van der Waals surface area contributed by atoms with Crippen LogP contribution in [0.1, 0.15) is 6.92 Å². The third-order valence-corrected chi connectivity index (χ3v) is 2.43. The lowest BCUT2D eigenvalue weighted by Gasteiger charge is -2.06. The van der Waals surface area contributed by atoms with E-state index in [1.54, 1.807) is 0 Å². The molecular formula is C8H13N3O3S. The van der Waals surface area contributed by atoms with Crippen molar-refractivity contribution in [1.29, 1.82) is 0 Å². The highest BCUT2D eigenvalue weighted by Crippen LogP contribution is 2.15. The molecule has 1 rings (SSSR count). The molecule has 1 heterocycles. The molecule has 0 aliphatic carbocycles. The Balaban J connectivity index is 3.23. The van der Waals surface area contributed by atoms with Crippen molar-refractivity contribution >= 4 is 15.7 Å². The summed E-state index contributed by atoms with van der Waals surface area (Å²) in [7, 11) is -2.00. The van der Waals surface area contributed by atoms with Crippen molar-refractivity contribution in [3.8, 4) is 5.88 Å². The van der Waals surface area contributed by atoms with Crippen molar-refractivity contribution < 1.29 is 13.2 Å². The molecule has 0 atom stereocenters. The lowest BCUT2D eigenvalue weighted by molar-refractivity contribution is 0.391. The first-order chi connectivity index (χ1) is 6.97. The monoisotopic (exact) mass is 231 g/mol. The van der Waals surface area contributed by atoms with Crippen LogP contribution in [0.2, 0.25) is 0 Å². The number of nitrogens with zero attached hydrogens (tertiary/aromatic N) is 2. The second-order valence-electron chi connectivity index (χ2n) is 2.88. The number of aromatic nitrogens is 2. The van der Waals surface area contributed by atoms with E-state index in [0.717, 1.165) is 6.26 Å². The number of anilines is 1. The summed E-state index contributed by atoms with van der Waals surface area (Å²) in [6, 6.07) is 1.54. The molecule has 0 bridgehead atoms. The maximum absolute atomic E-state index is 11.2.